The van der Waals surface area contributed by atoms with Crippen molar-refractivity contribution in [2.45, 2.75) is 25.3 Å². The molecule has 0 saturated carbocycles. The highest BCUT2D eigenvalue weighted by atomic mass is 16.5. The van der Waals surface area contributed by atoms with Crippen LogP contribution in [0.15, 0.2) is 0 Å². The van der Waals surface area contributed by atoms with Gasteiger partial charge in [0.15, 0.2) is 0 Å². The maximum atomic E-state index is 5.47. The van der Waals surface area contributed by atoms with Crippen molar-refractivity contribution >= 4 is 0 Å². The fraction of sp³-hybridized carbons (Fsp3) is 1.00. The monoisotopic (exact) mass is 198 g/mol. The van der Waals surface area contributed by atoms with Crippen LogP contribution in [0.5, 0.6) is 0 Å². The van der Waals surface area contributed by atoms with Crippen LogP contribution in [0, 0.1) is 5.92 Å². The summed E-state index contributed by atoms with van der Waals surface area (Å²) in [4.78, 5) is 2.46. The third-order valence-electron chi connectivity index (χ3n) is 3.34. The van der Waals surface area contributed by atoms with Crippen molar-refractivity contribution in [3.8, 4) is 0 Å². The molecule has 0 aliphatic carbocycles. The van der Waals surface area contributed by atoms with Crippen molar-refractivity contribution in [2.75, 3.05) is 39.9 Å². The lowest BCUT2D eigenvalue weighted by atomic mass is 9.91. The highest BCUT2D eigenvalue weighted by Gasteiger charge is 2.22. The van der Waals surface area contributed by atoms with E-state index < -0.39 is 0 Å². The molecule has 2 atom stereocenters. The van der Waals surface area contributed by atoms with Gasteiger partial charge in [-0.2, -0.15) is 0 Å². The molecule has 0 amide bonds. The molecular weight excluding hydrogens is 176 g/mol. The highest BCUT2D eigenvalue weighted by Crippen LogP contribution is 2.20. The second-order valence-corrected chi connectivity index (χ2v) is 4.73. The Hall–Kier alpha value is -0.120. The number of hydrogen-bond acceptors (Lipinski definition) is 3. The zero-order valence-electron chi connectivity index (χ0n) is 9.17. The fourth-order valence-electron chi connectivity index (χ4n) is 2.64. The second-order valence-electron chi connectivity index (χ2n) is 4.73. The van der Waals surface area contributed by atoms with E-state index in [1.165, 1.54) is 32.4 Å². The second kappa shape index (κ2) is 5.10. The molecule has 0 radical (unpaired) electrons. The molecule has 14 heavy (non-hydrogen) atoms. The summed E-state index contributed by atoms with van der Waals surface area (Å²) in [5, 5.41) is 3.54. The van der Waals surface area contributed by atoms with Crippen molar-refractivity contribution in [1.29, 1.82) is 0 Å². The predicted octanol–water partition coefficient (Wildman–Crippen LogP) is 0.707. The smallest absolute Gasteiger partial charge is 0.0620 e. The zero-order chi connectivity index (χ0) is 9.80. The Balaban J connectivity index is 1.72. The van der Waals surface area contributed by atoms with E-state index >= 15 is 0 Å². The molecule has 0 bridgehead atoms. The van der Waals surface area contributed by atoms with Gasteiger partial charge in [-0.25, -0.2) is 0 Å². The van der Waals surface area contributed by atoms with E-state index in [0.717, 1.165) is 25.7 Å². The number of nitrogens with zero attached hydrogens (tertiary/aromatic N) is 1. The van der Waals surface area contributed by atoms with E-state index in [2.05, 4.69) is 17.3 Å². The van der Waals surface area contributed by atoms with Gasteiger partial charge in [0, 0.05) is 19.1 Å². The van der Waals surface area contributed by atoms with Gasteiger partial charge in [0.05, 0.1) is 13.2 Å². The molecule has 2 aliphatic rings. The predicted molar refractivity (Wildman–Crippen MR) is 57.4 cm³/mol. The normalized spacial score (nSPS) is 35.8. The highest BCUT2D eigenvalue weighted by molar-refractivity contribution is 4.78. The lowest BCUT2D eigenvalue weighted by Crippen LogP contribution is -2.44. The van der Waals surface area contributed by atoms with Crippen molar-refractivity contribution in [2.24, 2.45) is 5.92 Å². The molecule has 0 spiro atoms. The minimum absolute atomic E-state index is 0.611. The van der Waals surface area contributed by atoms with Crippen LogP contribution in [0.4, 0.5) is 0 Å². The molecule has 2 saturated heterocycles. The van der Waals surface area contributed by atoms with Gasteiger partial charge in [0.1, 0.15) is 0 Å². The molecule has 2 aliphatic heterocycles. The number of hydrogen-bond donors (Lipinski definition) is 1. The Bertz CT molecular complexity index is 169. The van der Waals surface area contributed by atoms with Crippen LogP contribution >= 0.6 is 0 Å². The standard InChI is InChI=1S/C11H22N2O/c1-13-5-2-3-10(8-13)7-11-9-14-6-4-12-11/h10-12H,2-9H2,1H3. The third-order valence-corrected chi connectivity index (χ3v) is 3.34. The van der Waals surface area contributed by atoms with Gasteiger partial charge < -0.3 is 15.0 Å². The van der Waals surface area contributed by atoms with Crippen LogP contribution in [0.3, 0.4) is 0 Å². The van der Waals surface area contributed by atoms with E-state index in [1.807, 2.05) is 0 Å². The Kier molecular flexibility index (Phi) is 3.79. The van der Waals surface area contributed by atoms with E-state index in [0.29, 0.717) is 6.04 Å². The Labute approximate surface area is 86.8 Å². The largest absolute Gasteiger partial charge is 0.379 e. The summed E-state index contributed by atoms with van der Waals surface area (Å²) in [5.41, 5.74) is 0. The first-order chi connectivity index (χ1) is 6.84. The summed E-state index contributed by atoms with van der Waals surface area (Å²) in [5.74, 6) is 0.882. The van der Waals surface area contributed by atoms with E-state index in [1.54, 1.807) is 0 Å². The number of ether oxygens (including phenoxy) is 1. The molecule has 0 aromatic carbocycles. The van der Waals surface area contributed by atoms with Crippen LogP contribution in [-0.4, -0.2) is 50.8 Å². The molecule has 2 fully saturated rings. The molecule has 0 aromatic heterocycles. The van der Waals surface area contributed by atoms with Crippen molar-refractivity contribution in [3.05, 3.63) is 0 Å². The van der Waals surface area contributed by atoms with Crippen molar-refractivity contribution < 1.29 is 4.74 Å². The number of rotatable bonds is 2. The Morgan fingerprint density at radius 3 is 3.14 bits per heavy atom. The van der Waals surface area contributed by atoms with Gasteiger partial charge in [-0.3, -0.25) is 0 Å². The molecule has 1 N–H and O–H groups in total. The van der Waals surface area contributed by atoms with Crippen LogP contribution in [0.25, 0.3) is 0 Å². The maximum Gasteiger partial charge on any atom is 0.0620 e. The zero-order valence-corrected chi connectivity index (χ0v) is 9.17. The first-order valence-electron chi connectivity index (χ1n) is 5.84. The average molecular weight is 198 g/mol. The van der Waals surface area contributed by atoms with Gasteiger partial charge in [0.25, 0.3) is 0 Å². The summed E-state index contributed by atoms with van der Waals surface area (Å²) in [6, 6.07) is 0.611. The number of morpholine rings is 1. The van der Waals surface area contributed by atoms with E-state index in [-0.39, 0.29) is 0 Å². The van der Waals surface area contributed by atoms with E-state index in [4.69, 9.17) is 4.74 Å². The molecule has 0 aromatic rings. The molecular formula is C11H22N2O. The molecule has 3 heteroatoms. The lowest BCUT2D eigenvalue weighted by Gasteiger charge is -2.33. The van der Waals surface area contributed by atoms with Gasteiger partial charge in [0.2, 0.25) is 0 Å². The maximum absolute atomic E-state index is 5.47. The van der Waals surface area contributed by atoms with Gasteiger partial charge in [-0.05, 0) is 38.8 Å². The molecule has 2 rings (SSSR count). The Morgan fingerprint density at radius 1 is 1.50 bits per heavy atom. The average Bonchev–Trinajstić information content (AvgIpc) is 2.19. The van der Waals surface area contributed by atoms with Crippen molar-refractivity contribution in [3.63, 3.8) is 0 Å². The molecule has 2 unspecified atom stereocenters. The SMILES string of the molecule is CN1CCCC(CC2COCCN2)C1. The lowest BCUT2D eigenvalue weighted by molar-refractivity contribution is 0.0621. The summed E-state index contributed by atoms with van der Waals surface area (Å²) in [6.45, 7) is 5.40. The molecule has 2 heterocycles. The summed E-state index contributed by atoms with van der Waals surface area (Å²) in [7, 11) is 2.23. The number of nitrogens with one attached hydrogen (secondary N) is 1. The number of likely N-dealkylation sites (tertiary alicyclic amines) is 1. The van der Waals surface area contributed by atoms with E-state index in [9.17, 15) is 0 Å². The van der Waals surface area contributed by atoms with Crippen LogP contribution in [0.1, 0.15) is 19.3 Å². The number of piperidine rings is 1. The summed E-state index contributed by atoms with van der Waals surface area (Å²) >= 11 is 0. The minimum atomic E-state index is 0.611. The summed E-state index contributed by atoms with van der Waals surface area (Å²) in [6.07, 6.45) is 4.07. The molecule has 82 valence electrons. The minimum Gasteiger partial charge on any atom is -0.379 e. The first-order valence-corrected chi connectivity index (χ1v) is 5.84. The van der Waals surface area contributed by atoms with Crippen LogP contribution in [0.2, 0.25) is 0 Å². The summed E-state index contributed by atoms with van der Waals surface area (Å²) < 4.78 is 5.47. The van der Waals surface area contributed by atoms with Crippen LogP contribution in [-0.2, 0) is 4.74 Å². The van der Waals surface area contributed by atoms with Gasteiger partial charge in [-0.1, -0.05) is 0 Å². The topological polar surface area (TPSA) is 24.5 Å². The van der Waals surface area contributed by atoms with Crippen LogP contribution < -0.4 is 5.32 Å². The Morgan fingerprint density at radius 2 is 2.43 bits per heavy atom. The first kappa shape index (κ1) is 10.4. The van der Waals surface area contributed by atoms with Gasteiger partial charge in [-0.15, -0.1) is 0 Å². The third kappa shape index (κ3) is 2.94. The van der Waals surface area contributed by atoms with Gasteiger partial charge >= 0.3 is 0 Å². The van der Waals surface area contributed by atoms with Crippen molar-refractivity contribution in [1.82, 2.24) is 10.2 Å². The molecule has 3 nitrogen and oxygen atoms in total. The quantitative estimate of drug-likeness (QED) is 0.707. The fourth-order valence-corrected chi connectivity index (χ4v) is 2.64.